The van der Waals surface area contributed by atoms with Crippen LogP contribution in [-0.4, -0.2) is 11.6 Å². The van der Waals surface area contributed by atoms with E-state index in [0.29, 0.717) is 22.4 Å². The second kappa shape index (κ2) is 9.03. The summed E-state index contributed by atoms with van der Waals surface area (Å²) < 4.78 is 0. The van der Waals surface area contributed by atoms with E-state index in [4.69, 9.17) is 23.2 Å². The van der Waals surface area contributed by atoms with Gasteiger partial charge in [-0.3, -0.25) is 9.59 Å². The monoisotopic (exact) mass is 402 g/mol. The molecule has 4 heteroatoms. The molecule has 1 unspecified atom stereocenters. The highest BCUT2D eigenvalue weighted by molar-refractivity contribution is 6.35. The molecule has 1 atom stereocenters. The van der Waals surface area contributed by atoms with E-state index in [1.54, 1.807) is 18.2 Å². The van der Waals surface area contributed by atoms with Gasteiger partial charge in [0.1, 0.15) is 11.6 Å². The third-order valence-electron chi connectivity index (χ3n) is 5.67. The molecule has 142 valence electrons. The number of carbonyl (C=O) groups excluding carboxylic acids is 2. The van der Waals surface area contributed by atoms with Crippen molar-refractivity contribution in [2.24, 2.45) is 11.8 Å². The lowest BCUT2D eigenvalue weighted by Gasteiger charge is -2.30. The summed E-state index contributed by atoms with van der Waals surface area (Å²) in [4.78, 5) is 25.3. The predicted octanol–water partition coefficient (Wildman–Crippen LogP) is 6.28. The molecule has 1 fully saturated rings. The third-order valence-corrected chi connectivity index (χ3v) is 6.26. The van der Waals surface area contributed by atoms with Crippen LogP contribution in [0.3, 0.4) is 0 Å². The second-order valence-electron chi connectivity index (χ2n) is 7.46. The molecule has 27 heavy (non-hydrogen) atoms. The first-order chi connectivity index (χ1) is 13.0. The first-order valence-corrected chi connectivity index (χ1v) is 10.2. The van der Waals surface area contributed by atoms with Gasteiger partial charge in [0.15, 0.2) is 0 Å². The molecule has 3 rings (SSSR count). The van der Waals surface area contributed by atoms with Crippen LogP contribution in [0.5, 0.6) is 0 Å². The lowest BCUT2D eigenvalue weighted by molar-refractivity contribution is -0.134. The Labute approximate surface area is 170 Å². The number of hydrogen-bond acceptors (Lipinski definition) is 2. The maximum atomic E-state index is 13.1. The molecule has 0 spiro atoms. The molecule has 1 aliphatic carbocycles. The molecule has 0 bridgehead atoms. The Morgan fingerprint density at radius 3 is 2.26 bits per heavy atom. The highest BCUT2D eigenvalue weighted by atomic mass is 35.5. The van der Waals surface area contributed by atoms with Gasteiger partial charge in [-0.15, -0.1) is 0 Å². The van der Waals surface area contributed by atoms with Crippen molar-refractivity contribution < 1.29 is 9.59 Å². The summed E-state index contributed by atoms with van der Waals surface area (Å²) >= 11 is 12.2. The average molecular weight is 403 g/mol. The summed E-state index contributed by atoms with van der Waals surface area (Å²) in [5.41, 5.74) is 2.15. The van der Waals surface area contributed by atoms with Gasteiger partial charge in [-0.25, -0.2) is 0 Å². The SMILES string of the molecule is CC(=O)C(Cc1ccc(Cl)cc1Cl)C(=O)C1CCC(c2ccccc2)CC1. The molecule has 0 amide bonds. The van der Waals surface area contributed by atoms with E-state index in [2.05, 4.69) is 24.3 Å². The Morgan fingerprint density at radius 2 is 1.67 bits per heavy atom. The van der Waals surface area contributed by atoms with Crippen molar-refractivity contribution in [3.63, 3.8) is 0 Å². The molecule has 0 aliphatic heterocycles. The van der Waals surface area contributed by atoms with E-state index in [-0.39, 0.29) is 17.5 Å². The molecule has 0 saturated heterocycles. The molecule has 2 nitrogen and oxygen atoms in total. The summed E-state index contributed by atoms with van der Waals surface area (Å²) in [7, 11) is 0. The molecule has 0 N–H and O–H groups in total. The molecule has 0 aromatic heterocycles. The number of rotatable bonds is 6. The molecule has 1 aliphatic rings. The van der Waals surface area contributed by atoms with Crippen LogP contribution in [0.2, 0.25) is 10.0 Å². The first-order valence-electron chi connectivity index (χ1n) is 9.48. The lowest BCUT2D eigenvalue weighted by atomic mass is 9.73. The minimum atomic E-state index is -0.623. The minimum absolute atomic E-state index is 0.0371. The maximum Gasteiger partial charge on any atom is 0.146 e. The molecule has 0 radical (unpaired) electrons. The van der Waals surface area contributed by atoms with Crippen LogP contribution in [0.1, 0.15) is 49.7 Å². The van der Waals surface area contributed by atoms with Crippen LogP contribution >= 0.6 is 23.2 Å². The van der Waals surface area contributed by atoms with Crippen LogP contribution in [0.15, 0.2) is 48.5 Å². The molecule has 2 aromatic carbocycles. The van der Waals surface area contributed by atoms with Gasteiger partial charge in [0, 0.05) is 16.0 Å². The minimum Gasteiger partial charge on any atom is -0.299 e. The smallest absolute Gasteiger partial charge is 0.146 e. The molecular weight excluding hydrogens is 379 g/mol. The van der Waals surface area contributed by atoms with Gasteiger partial charge in [-0.2, -0.15) is 0 Å². The van der Waals surface area contributed by atoms with Crippen molar-refractivity contribution in [3.05, 3.63) is 69.7 Å². The number of Topliss-reactive ketones (excluding diaryl/α,β-unsaturated/α-hetero) is 2. The van der Waals surface area contributed by atoms with E-state index >= 15 is 0 Å². The zero-order valence-corrected chi connectivity index (χ0v) is 17.0. The number of ketones is 2. The zero-order chi connectivity index (χ0) is 19.4. The zero-order valence-electron chi connectivity index (χ0n) is 15.5. The molecular formula is C23H24Cl2O2. The fourth-order valence-corrected chi connectivity index (χ4v) is 4.56. The fourth-order valence-electron chi connectivity index (χ4n) is 4.07. The van der Waals surface area contributed by atoms with Gasteiger partial charge in [0.05, 0.1) is 5.92 Å². The number of carbonyl (C=O) groups is 2. The molecule has 0 heterocycles. The van der Waals surface area contributed by atoms with Crippen molar-refractivity contribution in [2.45, 2.75) is 44.9 Å². The van der Waals surface area contributed by atoms with E-state index in [9.17, 15) is 9.59 Å². The highest BCUT2D eigenvalue weighted by Gasteiger charge is 2.33. The normalized spacial score (nSPS) is 20.9. The number of halogens is 2. The Bertz CT molecular complexity index is 808. The standard InChI is InChI=1S/C23H24Cl2O2/c1-15(26)21(13-19-11-12-20(24)14-22(19)25)23(27)18-9-7-17(8-10-18)16-5-3-2-4-6-16/h2-6,11-12,14,17-18,21H,7-10,13H2,1H3. The van der Waals surface area contributed by atoms with Gasteiger partial charge >= 0.3 is 0 Å². The summed E-state index contributed by atoms with van der Waals surface area (Å²) in [6.45, 7) is 1.50. The summed E-state index contributed by atoms with van der Waals surface area (Å²) in [6, 6.07) is 15.7. The largest absolute Gasteiger partial charge is 0.299 e. The molecule has 1 saturated carbocycles. The van der Waals surface area contributed by atoms with E-state index in [1.807, 2.05) is 6.07 Å². The van der Waals surface area contributed by atoms with Crippen molar-refractivity contribution in [1.29, 1.82) is 0 Å². The van der Waals surface area contributed by atoms with Crippen molar-refractivity contribution >= 4 is 34.8 Å². The van der Waals surface area contributed by atoms with Gasteiger partial charge in [-0.1, -0.05) is 59.6 Å². The van der Waals surface area contributed by atoms with Crippen molar-refractivity contribution in [3.8, 4) is 0 Å². The van der Waals surface area contributed by atoms with Crippen molar-refractivity contribution in [2.75, 3.05) is 0 Å². The van der Waals surface area contributed by atoms with E-state index in [1.165, 1.54) is 12.5 Å². The highest BCUT2D eigenvalue weighted by Crippen LogP contribution is 2.37. The van der Waals surface area contributed by atoms with Gasteiger partial charge in [0.25, 0.3) is 0 Å². The summed E-state index contributed by atoms with van der Waals surface area (Å²) in [5.74, 6) is -0.167. The quantitative estimate of drug-likeness (QED) is 0.532. The maximum absolute atomic E-state index is 13.1. The Hall–Kier alpha value is -1.64. The van der Waals surface area contributed by atoms with Gasteiger partial charge in [0.2, 0.25) is 0 Å². The van der Waals surface area contributed by atoms with Crippen LogP contribution in [0, 0.1) is 11.8 Å². The molecule has 2 aromatic rings. The Morgan fingerprint density at radius 1 is 1.00 bits per heavy atom. The summed E-state index contributed by atoms with van der Waals surface area (Å²) in [5, 5.41) is 1.06. The van der Waals surface area contributed by atoms with E-state index < -0.39 is 5.92 Å². The number of benzene rings is 2. The third kappa shape index (κ3) is 5.00. The lowest BCUT2D eigenvalue weighted by Crippen LogP contribution is -2.32. The van der Waals surface area contributed by atoms with Crippen LogP contribution in [-0.2, 0) is 16.0 Å². The predicted molar refractivity (Wildman–Crippen MR) is 110 cm³/mol. The summed E-state index contributed by atoms with van der Waals surface area (Å²) in [6.07, 6.45) is 4.02. The van der Waals surface area contributed by atoms with Crippen LogP contribution in [0.25, 0.3) is 0 Å². The van der Waals surface area contributed by atoms with Crippen molar-refractivity contribution in [1.82, 2.24) is 0 Å². The van der Waals surface area contributed by atoms with Crippen LogP contribution < -0.4 is 0 Å². The fraction of sp³-hybridized carbons (Fsp3) is 0.391. The van der Waals surface area contributed by atoms with E-state index in [0.717, 1.165) is 31.2 Å². The first kappa shape index (κ1) is 20.1. The Kier molecular flexibility index (Phi) is 6.73. The topological polar surface area (TPSA) is 34.1 Å². The Balaban J connectivity index is 1.66. The van der Waals surface area contributed by atoms with Gasteiger partial charge < -0.3 is 0 Å². The average Bonchev–Trinajstić information content (AvgIpc) is 2.67. The number of hydrogen-bond donors (Lipinski definition) is 0. The van der Waals surface area contributed by atoms with Gasteiger partial charge in [-0.05, 0) is 68.2 Å². The van der Waals surface area contributed by atoms with Crippen LogP contribution in [0.4, 0.5) is 0 Å². The second-order valence-corrected chi connectivity index (χ2v) is 8.31.